The minimum atomic E-state index is -4.38. The molecule has 32 heavy (non-hydrogen) atoms. The Morgan fingerprint density at radius 2 is 1.75 bits per heavy atom. The van der Waals surface area contributed by atoms with Crippen LogP contribution < -0.4 is 9.64 Å². The molecule has 1 aliphatic heterocycles. The Labute approximate surface area is 191 Å². The number of halogens is 4. The number of alkyl halides is 3. The van der Waals surface area contributed by atoms with Crippen LogP contribution in [-0.2, 0) is 12.8 Å². The predicted octanol–water partition coefficient (Wildman–Crippen LogP) is 5.60. The van der Waals surface area contributed by atoms with E-state index in [0.29, 0.717) is 43.4 Å². The van der Waals surface area contributed by atoms with E-state index in [1.807, 2.05) is 29.2 Å². The summed E-state index contributed by atoms with van der Waals surface area (Å²) >= 11 is 3.41. The zero-order valence-corrected chi connectivity index (χ0v) is 18.5. The topological polar surface area (TPSA) is 45.9 Å². The summed E-state index contributed by atoms with van der Waals surface area (Å²) in [6, 6.07) is 16.0. The van der Waals surface area contributed by atoms with Crippen molar-refractivity contribution in [3.63, 3.8) is 0 Å². The highest BCUT2D eigenvalue weighted by atomic mass is 79.9. The van der Waals surface area contributed by atoms with Gasteiger partial charge in [-0.1, -0.05) is 18.2 Å². The summed E-state index contributed by atoms with van der Waals surface area (Å²) in [5.41, 5.74) is -0.183. The summed E-state index contributed by atoms with van der Waals surface area (Å²) in [5.74, 6) is 1.15. The molecule has 1 amide bonds. The lowest BCUT2D eigenvalue weighted by molar-refractivity contribution is -0.137. The quantitative estimate of drug-likeness (QED) is 0.449. The van der Waals surface area contributed by atoms with Gasteiger partial charge in [-0.25, -0.2) is 0 Å². The predicted molar refractivity (Wildman–Crippen MR) is 117 cm³/mol. The fourth-order valence-electron chi connectivity index (χ4n) is 3.48. The molecule has 0 spiro atoms. The summed E-state index contributed by atoms with van der Waals surface area (Å²) < 4.78 is 51.1. The Hall–Kier alpha value is -2.94. The zero-order chi connectivity index (χ0) is 22.7. The summed E-state index contributed by atoms with van der Waals surface area (Å²) in [4.78, 5) is 16.3. The van der Waals surface area contributed by atoms with E-state index in [0.717, 1.165) is 16.6 Å². The van der Waals surface area contributed by atoms with Crippen molar-refractivity contribution >= 4 is 27.5 Å². The Morgan fingerprint density at radius 1 is 1.00 bits per heavy atom. The number of furan rings is 1. The highest BCUT2D eigenvalue weighted by Crippen LogP contribution is 2.32. The van der Waals surface area contributed by atoms with Crippen molar-refractivity contribution in [1.82, 2.24) is 4.90 Å². The highest BCUT2D eigenvalue weighted by Gasteiger charge is 2.31. The lowest BCUT2D eigenvalue weighted by Gasteiger charge is -2.36. The van der Waals surface area contributed by atoms with E-state index in [1.54, 1.807) is 23.1 Å². The summed E-state index contributed by atoms with van der Waals surface area (Å²) in [6.45, 7) is 1.83. The molecule has 4 rings (SSSR count). The first-order chi connectivity index (χ1) is 15.3. The number of anilines is 1. The van der Waals surface area contributed by atoms with Crippen LogP contribution >= 0.6 is 15.9 Å². The van der Waals surface area contributed by atoms with Gasteiger partial charge in [0.1, 0.15) is 18.1 Å². The molecule has 0 saturated carbocycles. The van der Waals surface area contributed by atoms with Gasteiger partial charge >= 0.3 is 6.18 Å². The number of ether oxygens (including phenoxy) is 1. The normalized spacial score (nSPS) is 14.5. The lowest BCUT2D eigenvalue weighted by Crippen LogP contribution is -2.48. The average molecular weight is 509 g/mol. The van der Waals surface area contributed by atoms with Crippen molar-refractivity contribution in [3.05, 3.63) is 82.2 Å². The van der Waals surface area contributed by atoms with Gasteiger partial charge < -0.3 is 19.0 Å². The largest absolute Gasteiger partial charge is 0.484 e. The van der Waals surface area contributed by atoms with E-state index >= 15 is 0 Å². The minimum Gasteiger partial charge on any atom is -0.484 e. The Morgan fingerprint density at radius 3 is 2.47 bits per heavy atom. The van der Waals surface area contributed by atoms with Gasteiger partial charge in [-0.15, -0.1) is 0 Å². The van der Waals surface area contributed by atoms with E-state index in [1.165, 1.54) is 6.07 Å². The van der Waals surface area contributed by atoms with Crippen molar-refractivity contribution in [2.45, 2.75) is 12.8 Å². The van der Waals surface area contributed by atoms with Crippen molar-refractivity contribution in [2.24, 2.45) is 0 Å². The number of carbonyl (C=O) groups is 1. The third-order valence-electron chi connectivity index (χ3n) is 5.18. The van der Waals surface area contributed by atoms with Crippen molar-refractivity contribution in [3.8, 4) is 5.75 Å². The molecule has 9 heteroatoms. The first kappa shape index (κ1) is 22.3. The number of piperazine rings is 1. The lowest BCUT2D eigenvalue weighted by atomic mass is 10.1. The molecule has 0 atom stereocenters. The number of nitrogens with zero attached hydrogens (tertiary/aromatic N) is 2. The monoisotopic (exact) mass is 508 g/mol. The van der Waals surface area contributed by atoms with Crippen LogP contribution in [0.1, 0.15) is 21.9 Å². The molecule has 1 aromatic heterocycles. The van der Waals surface area contributed by atoms with Crippen LogP contribution in [0.4, 0.5) is 18.9 Å². The van der Waals surface area contributed by atoms with Crippen LogP contribution in [0.15, 0.2) is 69.6 Å². The molecule has 2 aromatic carbocycles. The third kappa shape index (κ3) is 5.09. The first-order valence-corrected chi connectivity index (χ1v) is 10.8. The van der Waals surface area contributed by atoms with Gasteiger partial charge in [-0.2, -0.15) is 13.2 Å². The molecule has 3 aromatic rings. The number of rotatable bonds is 5. The Bertz CT molecular complexity index is 1090. The van der Waals surface area contributed by atoms with E-state index in [-0.39, 0.29) is 18.3 Å². The molecule has 168 valence electrons. The zero-order valence-electron chi connectivity index (χ0n) is 16.9. The second kappa shape index (κ2) is 9.28. The van der Waals surface area contributed by atoms with Crippen LogP contribution in [0.3, 0.4) is 0 Å². The number of hydrogen-bond acceptors (Lipinski definition) is 4. The molecule has 0 unspecified atom stereocenters. The number of benzene rings is 2. The van der Waals surface area contributed by atoms with Crippen LogP contribution in [0, 0.1) is 0 Å². The second-order valence-electron chi connectivity index (χ2n) is 7.31. The van der Waals surface area contributed by atoms with Crippen molar-refractivity contribution < 1.29 is 27.1 Å². The number of carbonyl (C=O) groups excluding carboxylic acids is 1. The maximum absolute atomic E-state index is 13.0. The second-order valence-corrected chi connectivity index (χ2v) is 8.17. The van der Waals surface area contributed by atoms with Crippen LogP contribution in [0.2, 0.25) is 0 Å². The van der Waals surface area contributed by atoms with Crippen LogP contribution in [-0.4, -0.2) is 37.0 Å². The Balaban J connectivity index is 1.33. The molecule has 5 nitrogen and oxygen atoms in total. The number of hydrogen-bond donors (Lipinski definition) is 0. The highest BCUT2D eigenvalue weighted by molar-refractivity contribution is 9.10. The van der Waals surface area contributed by atoms with Gasteiger partial charge in [0.2, 0.25) is 0 Å². The fourth-order valence-corrected chi connectivity index (χ4v) is 3.88. The fraction of sp³-hybridized carbons (Fsp3) is 0.261. The van der Waals surface area contributed by atoms with Crippen LogP contribution in [0.25, 0.3) is 0 Å². The van der Waals surface area contributed by atoms with E-state index in [4.69, 9.17) is 9.15 Å². The maximum atomic E-state index is 13.0. The third-order valence-corrected chi connectivity index (χ3v) is 5.84. The molecule has 0 N–H and O–H groups in total. The van der Waals surface area contributed by atoms with E-state index in [2.05, 4.69) is 15.9 Å². The summed E-state index contributed by atoms with van der Waals surface area (Å²) in [7, 11) is 0. The summed E-state index contributed by atoms with van der Waals surface area (Å²) in [6.07, 6.45) is -4.38. The molecule has 0 bridgehead atoms. The van der Waals surface area contributed by atoms with Gasteiger partial charge in [0.15, 0.2) is 5.76 Å². The standard InChI is InChI=1S/C23H20BrF3N2O3/c24-19-6-1-2-7-20(19)31-15-18-8-9-21(32-18)22(30)29-12-10-28(11-13-29)17-5-3-4-16(14-17)23(25,26)27/h1-9,14H,10-13,15H2. The molecule has 0 radical (unpaired) electrons. The maximum Gasteiger partial charge on any atom is 0.416 e. The molecule has 1 aliphatic rings. The average Bonchev–Trinajstić information content (AvgIpc) is 3.27. The van der Waals surface area contributed by atoms with E-state index < -0.39 is 11.7 Å². The SMILES string of the molecule is O=C(c1ccc(COc2ccccc2Br)o1)N1CCN(c2cccc(C(F)(F)F)c2)CC1. The van der Waals surface area contributed by atoms with Gasteiger partial charge in [-0.3, -0.25) is 4.79 Å². The van der Waals surface area contributed by atoms with Crippen molar-refractivity contribution in [2.75, 3.05) is 31.1 Å². The first-order valence-electron chi connectivity index (χ1n) is 9.99. The molecular weight excluding hydrogens is 489 g/mol. The Kier molecular flexibility index (Phi) is 6.45. The molecule has 2 heterocycles. The van der Waals surface area contributed by atoms with Gasteiger partial charge in [0, 0.05) is 31.9 Å². The summed E-state index contributed by atoms with van der Waals surface area (Å²) in [5, 5.41) is 0. The molecule has 1 saturated heterocycles. The molecule has 0 aliphatic carbocycles. The smallest absolute Gasteiger partial charge is 0.416 e. The number of amides is 1. The molecular formula is C23H20BrF3N2O3. The van der Waals surface area contributed by atoms with Gasteiger partial charge in [-0.05, 0) is 58.4 Å². The number of para-hydroxylation sites is 1. The van der Waals surface area contributed by atoms with E-state index in [9.17, 15) is 18.0 Å². The molecule has 1 fully saturated rings. The van der Waals surface area contributed by atoms with Gasteiger partial charge in [0.05, 0.1) is 10.0 Å². The minimum absolute atomic E-state index is 0.180. The van der Waals surface area contributed by atoms with Crippen LogP contribution in [0.5, 0.6) is 5.75 Å². The van der Waals surface area contributed by atoms with Gasteiger partial charge in [0.25, 0.3) is 5.91 Å². The van der Waals surface area contributed by atoms with Crippen molar-refractivity contribution in [1.29, 1.82) is 0 Å².